The maximum absolute atomic E-state index is 13.4. The molecule has 0 amide bonds. The van der Waals surface area contributed by atoms with Crippen LogP contribution in [0, 0.1) is 6.92 Å². The Kier molecular flexibility index (Phi) is 5.70. The SMILES string of the molecule is Cc1ccc(CC(=O)C2(c3ccc4c(c3)OCO4)CC2)cc1-c1ccc(NCC(=O)O)c(Cl)c1. The summed E-state index contributed by atoms with van der Waals surface area (Å²) in [5, 5.41) is 12.1. The molecule has 0 aromatic heterocycles. The number of hydrogen-bond acceptors (Lipinski definition) is 5. The zero-order chi connectivity index (χ0) is 23.9. The number of carbonyl (C=O) groups is 2. The zero-order valence-electron chi connectivity index (χ0n) is 18.7. The van der Waals surface area contributed by atoms with Crippen LogP contribution in [0.1, 0.15) is 29.5 Å². The first-order valence-corrected chi connectivity index (χ1v) is 11.5. The van der Waals surface area contributed by atoms with Gasteiger partial charge in [-0.1, -0.05) is 41.9 Å². The third kappa shape index (κ3) is 4.21. The minimum Gasteiger partial charge on any atom is -0.480 e. The van der Waals surface area contributed by atoms with Crippen molar-refractivity contribution < 1.29 is 24.2 Å². The molecule has 7 heteroatoms. The number of carboxylic acid groups (broad SMARTS) is 1. The van der Waals surface area contributed by atoms with E-state index in [2.05, 4.69) is 5.32 Å². The highest BCUT2D eigenvalue weighted by atomic mass is 35.5. The van der Waals surface area contributed by atoms with Gasteiger partial charge in [0.15, 0.2) is 11.5 Å². The van der Waals surface area contributed by atoms with E-state index in [0.29, 0.717) is 22.9 Å². The number of carbonyl (C=O) groups excluding carboxylic acids is 1. The zero-order valence-corrected chi connectivity index (χ0v) is 19.4. The molecule has 1 aliphatic carbocycles. The molecule has 0 unspecified atom stereocenters. The van der Waals surface area contributed by atoms with Crippen LogP contribution < -0.4 is 14.8 Å². The van der Waals surface area contributed by atoms with Gasteiger partial charge in [-0.25, -0.2) is 0 Å². The Morgan fingerprint density at radius 2 is 1.82 bits per heavy atom. The first-order chi connectivity index (χ1) is 16.4. The van der Waals surface area contributed by atoms with Crippen molar-refractivity contribution in [2.75, 3.05) is 18.7 Å². The first-order valence-electron chi connectivity index (χ1n) is 11.1. The standard InChI is InChI=1S/C27H24ClNO5/c1-16-2-3-17(10-20(16)18-4-6-22(21(28)12-18)29-14-26(31)32)11-25(30)27(8-9-27)19-5-7-23-24(13-19)34-15-33-23/h2-7,10,12-13,29H,8-9,11,14-15H2,1H3,(H,31,32). The van der Waals surface area contributed by atoms with Crippen molar-refractivity contribution in [3.63, 3.8) is 0 Å². The minimum absolute atomic E-state index is 0.201. The molecule has 1 saturated carbocycles. The van der Waals surface area contributed by atoms with Gasteiger partial charge in [0, 0.05) is 6.42 Å². The van der Waals surface area contributed by atoms with Crippen LogP contribution >= 0.6 is 11.6 Å². The van der Waals surface area contributed by atoms with E-state index in [1.54, 1.807) is 6.07 Å². The van der Waals surface area contributed by atoms with Gasteiger partial charge in [-0.2, -0.15) is 0 Å². The van der Waals surface area contributed by atoms with E-state index in [9.17, 15) is 9.59 Å². The normalized spacial score (nSPS) is 15.1. The van der Waals surface area contributed by atoms with Crippen LogP contribution in [-0.4, -0.2) is 30.2 Å². The second-order valence-corrected chi connectivity index (χ2v) is 9.25. The van der Waals surface area contributed by atoms with Crippen LogP contribution in [0.4, 0.5) is 5.69 Å². The topological polar surface area (TPSA) is 84.9 Å². The number of benzene rings is 3. The predicted octanol–water partition coefficient (Wildman–Crippen LogP) is 5.38. The van der Waals surface area contributed by atoms with E-state index in [0.717, 1.165) is 46.4 Å². The molecule has 3 aromatic rings. The minimum atomic E-state index is -0.956. The molecule has 3 aromatic carbocycles. The fourth-order valence-corrected chi connectivity index (χ4v) is 4.74. The molecule has 2 aliphatic rings. The summed E-state index contributed by atoms with van der Waals surface area (Å²) in [4.78, 5) is 24.2. The Morgan fingerprint density at radius 1 is 1.03 bits per heavy atom. The van der Waals surface area contributed by atoms with Crippen molar-refractivity contribution in [3.05, 3.63) is 76.3 Å². The average molecular weight is 478 g/mol. The number of fused-ring (bicyclic) bond motifs is 1. The number of ether oxygens (including phenoxy) is 2. The van der Waals surface area contributed by atoms with Gasteiger partial charge in [0.1, 0.15) is 12.3 Å². The van der Waals surface area contributed by atoms with Crippen LogP contribution in [0.3, 0.4) is 0 Å². The van der Waals surface area contributed by atoms with Crippen LogP contribution in [0.5, 0.6) is 11.5 Å². The molecular weight excluding hydrogens is 454 g/mol. The van der Waals surface area contributed by atoms with E-state index < -0.39 is 11.4 Å². The molecular formula is C27H24ClNO5. The average Bonchev–Trinajstić information content (AvgIpc) is 3.50. The molecule has 0 spiro atoms. The number of anilines is 1. The van der Waals surface area contributed by atoms with Crippen LogP contribution in [0.25, 0.3) is 11.1 Å². The van der Waals surface area contributed by atoms with Crippen molar-refractivity contribution in [2.24, 2.45) is 0 Å². The van der Waals surface area contributed by atoms with Gasteiger partial charge in [0.2, 0.25) is 6.79 Å². The number of carboxylic acids is 1. The highest BCUT2D eigenvalue weighted by Gasteiger charge is 2.50. The Morgan fingerprint density at radius 3 is 2.56 bits per heavy atom. The van der Waals surface area contributed by atoms with E-state index >= 15 is 0 Å². The van der Waals surface area contributed by atoms with E-state index in [-0.39, 0.29) is 19.1 Å². The number of halogens is 1. The lowest BCUT2D eigenvalue weighted by Crippen LogP contribution is -2.22. The molecule has 174 valence electrons. The van der Waals surface area contributed by atoms with Crippen LogP contribution in [0.15, 0.2) is 54.6 Å². The second kappa shape index (κ2) is 8.69. The summed E-state index contributed by atoms with van der Waals surface area (Å²) in [5.74, 6) is 0.667. The number of aryl methyl sites for hydroxylation is 1. The predicted molar refractivity (Wildman–Crippen MR) is 130 cm³/mol. The number of rotatable bonds is 8. The molecule has 5 rings (SSSR count). The van der Waals surface area contributed by atoms with Crippen LogP contribution in [-0.2, 0) is 21.4 Å². The Hall–Kier alpha value is -3.51. The first kappa shape index (κ1) is 22.3. The number of ketones is 1. The Bertz CT molecular complexity index is 1300. The largest absolute Gasteiger partial charge is 0.480 e. The molecule has 1 aliphatic heterocycles. The van der Waals surface area contributed by atoms with Crippen molar-refractivity contribution >= 4 is 29.0 Å². The molecule has 0 bridgehead atoms. The smallest absolute Gasteiger partial charge is 0.322 e. The van der Waals surface area contributed by atoms with E-state index in [1.165, 1.54) is 0 Å². The Balaban J connectivity index is 1.36. The van der Waals surface area contributed by atoms with Gasteiger partial charge in [-0.05, 0) is 71.8 Å². The Labute approximate surface area is 202 Å². The number of Topliss-reactive ketones (excluding diaryl/α,β-unsaturated/α-hetero) is 1. The van der Waals surface area contributed by atoms with Gasteiger partial charge in [-0.3, -0.25) is 9.59 Å². The van der Waals surface area contributed by atoms with Crippen molar-refractivity contribution in [3.8, 4) is 22.6 Å². The summed E-state index contributed by atoms with van der Waals surface area (Å²) >= 11 is 6.39. The molecule has 1 fully saturated rings. The van der Waals surface area contributed by atoms with Gasteiger partial charge >= 0.3 is 5.97 Å². The van der Waals surface area contributed by atoms with Gasteiger partial charge in [0.05, 0.1) is 16.1 Å². The maximum Gasteiger partial charge on any atom is 0.322 e. The van der Waals surface area contributed by atoms with Gasteiger partial charge < -0.3 is 19.9 Å². The lowest BCUT2D eigenvalue weighted by molar-refractivity contribution is -0.135. The summed E-state index contributed by atoms with van der Waals surface area (Å²) in [6.07, 6.45) is 2.02. The highest BCUT2D eigenvalue weighted by Crippen LogP contribution is 2.51. The number of aliphatic carboxylic acids is 1. The molecule has 6 nitrogen and oxygen atoms in total. The summed E-state index contributed by atoms with van der Waals surface area (Å²) in [6.45, 7) is 2.02. The quantitative estimate of drug-likeness (QED) is 0.453. The van der Waals surface area contributed by atoms with Gasteiger partial charge in [-0.15, -0.1) is 0 Å². The van der Waals surface area contributed by atoms with E-state index in [1.807, 2.05) is 55.5 Å². The summed E-state index contributed by atoms with van der Waals surface area (Å²) in [7, 11) is 0. The third-order valence-corrected chi connectivity index (χ3v) is 6.90. The highest BCUT2D eigenvalue weighted by molar-refractivity contribution is 6.33. The lowest BCUT2D eigenvalue weighted by Gasteiger charge is -2.16. The number of nitrogens with one attached hydrogen (secondary N) is 1. The van der Waals surface area contributed by atoms with E-state index in [4.69, 9.17) is 26.2 Å². The molecule has 0 radical (unpaired) electrons. The fraction of sp³-hybridized carbons (Fsp3) is 0.259. The monoisotopic (exact) mass is 477 g/mol. The summed E-state index contributed by atoms with van der Waals surface area (Å²) in [5.41, 5.74) is 5.02. The summed E-state index contributed by atoms with van der Waals surface area (Å²) in [6, 6.07) is 17.3. The number of hydrogen-bond donors (Lipinski definition) is 2. The van der Waals surface area contributed by atoms with Crippen molar-refractivity contribution in [2.45, 2.75) is 31.6 Å². The molecule has 34 heavy (non-hydrogen) atoms. The molecule has 2 N–H and O–H groups in total. The molecule has 0 atom stereocenters. The lowest BCUT2D eigenvalue weighted by atomic mass is 9.87. The molecule has 1 heterocycles. The van der Waals surface area contributed by atoms with Crippen LogP contribution in [0.2, 0.25) is 5.02 Å². The fourth-order valence-electron chi connectivity index (χ4n) is 4.49. The third-order valence-electron chi connectivity index (χ3n) is 6.59. The van der Waals surface area contributed by atoms with Gasteiger partial charge in [0.25, 0.3) is 0 Å². The summed E-state index contributed by atoms with van der Waals surface area (Å²) < 4.78 is 10.9. The molecule has 0 saturated heterocycles. The maximum atomic E-state index is 13.4. The second-order valence-electron chi connectivity index (χ2n) is 8.84. The van der Waals surface area contributed by atoms with Crippen molar-refractivity contribution in [1.82, 2.24) is 0 Å². The van der Waals surface area contributed by atoms with Crippen molar-refractivity contribution in [1.29, 1.82) is 0 Å².